The van der Waals surface area contributed by atoms with Crippen LogP contribution in [0.5, 0.6) is 0 Å². The predicted octanol–water partition coefficient (Wildman–Crippen LogP) is 1.86. The molecule has 0 unspecified atom stereocenters. The fourth-order valence-corrected chi connectivity index (χ4v) is 2.63. The molecular formula is C14H22N2O3. The molecule has 0 radical (unpaired) electrons. The lowest BCUT2D eigenvalue weighted by Gasteiger charge is -2.35. The highest BCUT2D eigenvalue weighted by molar-refractivity contribution is 5.76. The summed E-state index contributed by atoms with van der Waals surface area (Å²) >= 11 is 0. The topological polar surface area (TPSA) is 55.6 Å². The van der Waals surface area contributed by atoms with Gasteiger partial charge in [-0.05, 0) is 34.1 Å². The number of nitrogens with zero attached hydrogens (tertiary/aromatic N) is 2. The molecule has 1 saturated heterocycles. The Balaban J connectivity index is 1.91. The van der Waals surface area contributed by atoms with Crippen LogP contribution < -0.4 is 0 Å². The first-order valence-electron chi connectivity index (χ1n) is 6.82. The molecule has 1 aliphatic heterocycles. The summed E-state index contributed by atoms with van der Waals surface area (Å²) in [6, 6.07) is 0. The summed E-state index contributed by atoms with van der Waals surface area (Å²) in [5.74, 6) is 0.996. The van der Waals surface area contributed by atoms with Gasteiger partial charge in [0.2, 0.25) is 5.91 Å². The largest absolute Gasteiger partial charge is 0.372 e. The molecule has 0 aliphatic carbocycles. The Morgan fingerprint density at radius 1 is 1.32 bits per heavy atom. The van der Waals surface area contributed by atoms with Crippen LogP contribution in [0.15, 0.2) is 4.52 Å². The van der Waals surface area contributed by atoms with Crippen molar-refractivity contribution in [1.29, 1.82) is 0 Å². The Kier molecular flexibility index (Phi) is 4.24. The molecule has 1 aromatic heterocycles. The molecule has 5 heteroatoms. The zero-order chi connectivity index (χ0) is 14.0. The van der Waals surface area contributed by atoms with Gasteiger partial charge in [0, 0.05) is 25.1 Å². The van der Waals surface area contributed by atoms with Gasteiger partial charge in [-0.3, -0.25) is 4.79 Å². The molecule has 1 aromatic rings. The van der Waals surface area contributed by atoms with Crippen molar-refractivity contribution >= 4 is 5.91 Å². The molecule has 0 aromatic carbocycles. The van der Waals surface area contributed by atoms with Crippen LogP contribution >= 0.6 is 0 Å². The highest BCUT2D eigenvalue weighted by Gasteiger charge is 2.25. The minimum absolute atomic E-state index is 0.117. The molecule has 1 aliphatic rings. The quantitative estimate of drug-likeness (QED) is 0.838. The van der Waals surface area contributed by atoms with Crippen LogP contribution in [0.3, 0.4) is 0 Å². The molecule has 19 heavy (non-hydrogen) atoms. The van der Waals surface area contributed by atoms with Crippen molar-refractivity contribution < 1.29 is 14.1 Å². The van der Waals surface area contributed by atoms with Gasteiger partial charge >= 0.3 is 0 Å². The number of rotatable bonds is 3. The van der Waals surface area contributed by atoms with Gasteiger partial charge < -0.3 is 14.2 Å². The van der Waals surface area contributed by atoms with Gasteiger partial charge in [0.1, 0.15) is 5.76 Å². The maximum absolute atomic E-state index is 12.2. The van der Waals surface area contributed by atoms with E-state index in [0.29, 0.717) is 25.9 Å². The van der Waals surface area contributed by atoms with Crippen molar-refractivity contribution in [2.45, 2.75) is 52.7 Å². The smallest absolute Gasteiger partial charge is 0.223 e. The van der Waals surface area contributed by atoms with Gasteiger partial charge in [0.05, 0.1) is 17.9 Å². The SMILES string of the molecule is Cc1noc(C)c1CCC(=O)N1C[C@H](C)O[C@@H](C)C1. The van der Waals surface area contributed by atoms with Crippen molar-refractivity contribution in [2.75, 3.05) is 13.1 Å². The predicted molar refractivity (Wildman–Crippen MR) is 70.9 cm³/mol. The second-order valence-electron chi connectivity index (χ2n) is 5.36. The number of amides is 1. The minimum atomic E-state index is 0.117. The van der Waals surface area contributed by atoms with Crippen LogP contribution in [-0.2, 0) is 16.0 Å². The summed E-state index contributed by atoms with van der Waals surface area (Å²) in [6.45, 7) is 9.18. The summed E-state index contributed by atoms with van der Waals surface area (Å²) in [5.41, 5.74) is 1.94. The Hall–Kier alpha value is -1.36. The average molecular weight is 266 g/mol. The molecule has 5 nitrogen and oxygen atoms in total. The van der Waals surface area contributed by atoms with Crippen molar-refractivity contribution in [1.82, 2.24) is 10.1 Å². The second kappa shape index (κ2) is 5.74. The summed E-state index contributed by atoms with van der Waals surface area (Å²) in [6.07, 6.45) is 1.43. The Morgan fingerprint density at radius 2 is 1.95 bits per heavy atom. The first-order valence-corrected chi connectivity index (χ1v) is 6.82. The summed E-state index contributed by atoms with van der Waals surface area (Å²) in [4.78, 5) is 14.1. The van der Waals surface area contributed by atoms with E-state index < -0.39 is 0 Å². The van der Waals surface area contributed by atoms with Gasteiger partial charge in [-0.25, -0.2) is 0 Å². The van der Waals surface area contributed by atoms with Crippen LogP contribution in [0, 0.1) is 13.8 Å². The number of morpholine rings is 1. The lowest BCUT2D eigenvalue weighted by molar-refractivity contribution is -0.143. The van der Waals surface area contributed by atoms with E-state index in [-0.39, 0.29) is 18.1 Å². The number of aromatic nitrogens is 1. The third-order valence-electron chi connectivity index (χ3n) is 3.54. The number of hydrogen-bond acceptors (Lipinski definition) is 4. The van der Waals surface area contributed by atoms with Crippen LogP contribution in [0.1, 0.15) is 37.3 Å². The van der Waals surface area contributed by atoms with Crippen LogP contribution in [0.25, 0.3) is 0 Å². The monoisotopic (exact) mass is 266 g/mol. The lowest BCUT2D eigenvalue weighted by Crippen LogP contribution is -2.48. The first-order chi connectivity index (χ1) is 8.97. The van der Waals surface area contributed by atoms with Crippen LogP contribution in [0.2, 0.25) is 0 Å². The zero-order valence-electron chi connectivity index (χ0n) is 12.1. The number of carbonyl (C=O) groups excluding carboxylic acids is 1. The first kappa shape index (κ1) is 14.1. The molecule has 2 heterocycles. The van der Waals surface area contributed by atoms with E-state index in [2.05, 4.69) is 5.16 Å². The van der Waals surface area contributed by atoms with Crippen molar-refractivity contribution in [3.8, 4) is 0 Å². The van der Waals surface area contributed by atoms with Gasteiger partial charge in [-0.2, -0.15) is 0 Å². The van der Waals surface area contributed by atoms with E-state index in [1.165, 1.54) is 0 Å². The van der Waals surface area contributed by atoms with Crippen LogP contribution in [0.4, 0.5) is 0 Å². The molecule has 0 saturated carbocycles. The third kappa shape index (κ3) is 3.35. The van der Waals surface area contributed by atoms with Crippen molar-refractivity contribution in [2.24, 2.45) is 0 Å². The Labute approximate surface area is 113 Å². The Bertz CT molecular complexity index is 426. The number of carbonyl (C=O) groups is 1. The normalized spacial score (nSPS) is 23.7. The maximum Gasteiger partial charge on any atom is 0.223 e. The Morgan fingerprint density at radius 3 is 2.47 bits per heavy atom. The highest BCUT2D eigenvalue weighted by Crippen LogP contribution is 2.17. The summed E-state index contributed by atoms with van der Waals surface area (Å²) in [5, 5.41) is 3.91. The molecule has 0 N–H and O–H groups in total. The fraction of sp³-hybridized carbons (Fsp3) is 0.714. The molecule has 0 spiro atoms. The van der Waals surface area contributed by atoms with E-state index in [0.717, 1.165) is 17.0 Å². The summed E-state index contributed by atoms with van der Waals surface area (Å²) < 4.78 is 10.7. The summed E-state index contributed by atoms with van der Waals surface area (Å²) in [7, 11) is 0. The zero-order valence-corrected chi connectivity index (χ0v) is 12.1. The highest BCUT2D eigenvalue weighted by atomic mass is 16.5. The van der Waals surface area contributed by atoms with E-state index in [9.17, 15) is 4.79 Å². The molecule has 2 rings (SSSR count). The van der Waals surface area contributed by atoms with Gasteiger partial charge in [0.15, 0.2) is 0 Å². The molecule has 1 amide bonds. The van der Waals surface area contributed by atoms with E-state index in [1.54, 1.807) is 0 Å². The minimum Gasteiger partial charge on any atom is -0.372 e. The van der Waals surface area contributed by atoms with Gasteiger partial charge in [-0.1, -0.05) is 5.16 Å². The average Bonchev–Trinajstić information content (AvgIpc) is 2.65. The molecule has 1 fully saturated rings. The van der Waals surface area contributed by atoms with Gasteiger partial charge in [0.25, 0.3) is 0 Å². The van der Waals surface area contributed by atoms with E-state index in [1.807, 2.05) is 32.6 Å². The maximum atomic E-state index is 12.2. The molecule has 2 atom stereocenters. The number of ether oxygens (including phenoxy) is 1. The second-order valence-corrected chi connectivity index (χ2v) is 5.36. The molecule has 106 valence electrons. The van der Waals surface area contributed by atoms with E-state index in [4.69, 9.17) is 9.26 Å². The van der Waals surface area contributed by atoms with Crippen LogP contribution in [-0.4, -0.2) is 41.3 Å². The number of hydrogen-bond donors (Lipinski definition) is 0. The molecule has 0 bridgehead atoms. The standard InChI is InChI=1S/C14H22N2O3/c1-9-7-16(8-10(2)18-9)14(17)6-5-13-11(3)15-19-12(13)4/h9-10H,5-8H2,1-4H3/t9-,10-/m0/s1. The van der Waals surface area contributed by atoms with Crippen molar-refractivity contribution in [3.05, 3.63) is 17.0 Å². The van der Waals surface area contributed by atoms with Crippen molar-refractivity contribution in [3.63, 3.8) is 0 Å². The lowest BCUT2D eigenvalue weighted by atomic mass is 10.1. The third-order valence-corrected chi connectivity index (χ3v) is 3.54. The van der Waals surface area contributed by atoms with Gasteiger partial charge in [-0.15, -0.1) is 0 Å². The fourth-order valence-electron chi connectivity index (χ4n) is 2.63. The molecular weight excluding hydrogens is 244 g/mol. The van der Waals surface area contributed by atoms with E-state index >= 15 is 0 Å². The number of aryl methyl sites for hydroxylation is 2.